The maximum atomic E-state index is 4.60. The van der Waals surface area contributed by atoms with E-state index in [9.17, 15) is 0 Å². The van der Waals surface area contributed by atoms with E-state index in [-0.39, 0.29) is 0 Å². The molecular weight excluding hydrogens is 198 g/mol. The molecule has 16 heavy (non-hydrogen) atoms. The van der Waals surface area contributed by atoms with E-state index in [2.05, 4.69) is 47.8 Å². The molecule has 0 bridgehead atoms. The first-order valence-corrected chi connectivity index (χ1v) is 6.13. The average Bonchev–Trinajstić information content (AvgIpc) is 2.56. The summed E-state index contributed by atoms with van der Waals surface area (Å²) >= 11 is 0. The molecule has 0 aromatic carbocycles. The van der Waals surface area contributed by atoms with Gasteiger partial charge in [-0.05, 0) is 52.8 Å². The number of imidazole rings is 1. The van der Waals surface area contributed by atoms with E-state index < -0.39 is 0 Å². The lowest BCUT2D eigenvalue weighted by Crippen LogP contribution is -2.30. The first-order chi connectivity index (χ1) is 7.74. The van der Waals surface area contributed by atoms with Crippen LogP contribution in [-0.2, 0) is 0 Å². The molecule has 1 saturated heterocycles. The summed E-state index contributed by atoms with van der Waals surface area (Å²) in [6, 6.07) is 0.619. The molecule has 1 aromatic rings. The normalized spacial score (nSPS) is 18.4. The van der Waals surface area contributed by atoms with Crippen molar-refractivity contribution in [3.8, 4) is 0 Å². The standard InChI is InChI=1S/C13H21N3/c1-4-5-13-10(2)15-11(3)16(13)12-6-8-14-9-7-12/h4-5,12,14H,6-9H2,1-3H3/b5-4-. The van der Waals surface area contributed by atoms with E-state index in [0.717, 1.165) is 24.6 Å². The topological polar surface area (TPSA) is 29.9 Å². The van der Waals surface area contributed by atoms with Crippen molar-refractivity contribution in [1.82, 2.24) is 14.9 Å². The highest BCUT2D eigenvalue weighted by atomic mass is 15.1. The molecule has 2 rings (SSSR count). The zero-order valence-electron chi connectivity index (χ0n) is 10.5. The molecule has 0 radical (unpaired) electrons. The molecule has 0 unspecified atom stereocenters. The van der Waals surface area contributed by atoms with Crippen molar-refractivity contribution in [1.29, 1.82) is 0 Å². The van der Waals surface area contributed by atoms with Crippen LogP contribution in [0.1, 0.15) is 43.0 Å². The zero-order chi connectivity index (χ0) is 11.5. The third-order valence-electron chi connectivity index (χ3n) is 3.31. The molecule has 0 aliphatic carbocycles. The molecule has 3 nitrogen and oxygen atoms in total. The van der Waals surface area contributed by atoms with Crippen molar-refractivity contribution in [2.75, 3.05) is 13.1 Å². The van der Waals surface area contributed by atoms with Crippen molar-refractivity contribution in [3.63, 3.8) is 0 Å². The monoisotopic (exact) mass is 219 g/mol. The molecule has 0 atom stereocenters. The highest BCUT2D eigenvalue weighted by Crippen LogP contribution is 2.25. The molecule has 0 amide bonds. The summed E-state index contributed by atoms with van der Waals surface area (Å²) in [7, 11) is 0. The fraction of sp³-hybridized carbons (Fsp3) is 0.615. The minimum absolute atomic E-state index is 0.619. The summed E-state index contributed by atoms with van der Waals surface area (Å²) in [6.45, 7) is 8.52. The number of hydrogen-bond acceptors (Lipinski definition) is 2. The average molecular weight is 219 g/mol. The van der Waals surface area contributed by atoms with Crippen LogP contribution < -0.4 is 5.32 Å². The van der Waals surface area contributed by atoms with Crippen LogP contribution in [-0.4, -0.2) is 22.6 Å². The summed E-state index contributed by atoms with van der Waals surface area (Å²) in [5, 5.41) is 3.41. The number of aryl methyl sites for hydroxylation is 2. The smallest absolute Gasteiger partial charge is 0.106 e. The van der Waals surface area contributed by atoms with Gasteiger partial charge in [-0.2, -0.15) is 0 Å². The van der Waals surface area contributed by atoms with Gasteiger partial charge in [0, 0.05) is 6.04 Å². The molecule has 1 aromatic heterocycles. The molecule has 1 aliphatic heterocycles. The fourth-order valence-electron chi connectivity index (χ4n) is 2.59. The van der Waals surface area contributed by atoms with Gasteiger partial charge in [-0.3, -0.25) is 0 Å². The Kier molecular flexibility index (Phi) is 3.44. The Hall–Kier alpha value is -1.09. The molecule has 1 fully saturated rings. The number of piperidine rings is 1. The molecule has 0 saturated carbocycles. The highest BCUT2D eigenvalue weighted by Gasteiger charge is 2.20. The van der Waals surface area contributed by atoms with Crippen molar-refractivity contribution < 1.29 is 0 Å². The van der Waals surface area contributed by atoms with Gasteiger partial charge < -0.3 is 9.88 Å². The Morgan fingerprint density at radius 3 is 2.62 bits per heavy atom. The number of aromatic nitrogens is 2. The van der Waals surface area contributed by atoms with Gasteiger partial charge >= 0.3 is 0 Å². The summed E-state index contributed by atoms with van der Waals surface area (Å²) < 4.78 is 2.41. The SMILES string of the molecule is C/C=C\c1c(C)nc(C)n1C1CCNCC1. The molecule has 1 aliphatic rings. The maximum absolute atomic E-state index is 4.60. The Balaban J connectivity index is 2.37. The molecule has 2 heterocycles. The lowest BCUT2D eigenvalue weighted by molar-refractivity contribution is 0.361. The molecule has 1 N–H and O–H groups in total. The van der Waals surface area contributed by atoms with E-state index in [0.29, 0.717) is 6.04 Å². The van der Waals surface area contributed by atoms with Crippen LogP contribution in [0.5, 0.6) is 0 Å². The maximum Gasteiger partial charge on any atom is 0.106 e. The number of nitrogens with one attached hydrogen (secondary N) is 1. The Labute approximate surface area is 97.6 Å². The Bertz CT molecular complexity index is 384. The van der Waals surface area contributed by atoms with Gasteiger partial charge in [0.25, 0.3) is 0 Å². The Morgan fingerprint density at radius 1 is 1.31 bits per heavy atom. The number of allylic oxidation sites excluding steroid dienone is 1. The predicted octanol–water partition coefficient (Wildman–Crippen LogP) is 2.46. The van der Waals surface area contributed by atoms with Gasteiger partial charge in [0.15, 0.2) is 0 Å². The molecule has 3 heteroatoms. The first-order valence-electron chi connectivity index (χ1n) is 6.13. The third kappa shape index (κ3) is 2.05. The van der Waals surface area contributed by atoms with Crippen LogP contribution in [0.2, 0.25) is 0 Å². The number of nitrogens with zero attached hydrogens (tertiary/aromatic N) is 2. The zero-order valence-corrected chi connectivity index (χ0v) is 10.5. The van der Waals surface area contributed by atoms with E-state index >= 15 is 0 Å². The minimum Gasteiger partial charge on any atom is -0.325 e. The van der Waals surface area contributed by atoms with E-state index in [1.807, 2.05) is 0 Å². The number of rotatable bonds is 2. The summed E-state index contributed by atoms with van der Waals surface area (Å²) in [5.74, 6) is 1.15. The minimum atomic E-state index is 0.619. The largest absolute Gasteiger partial charge is 0.325 e. The second-order valence-corrected chi connectivity index (χ2v) is 4.48. The molecular formula is C13H21N3. The van der Waals surface area contributed by atoms with Crippen LogP contribution in [0.15, 0.2) is 6.08 Å². The lowest BCUT2D eigenvalue weighted by atomic mass is 10.1. The van der Waals surface area contributed by atoms with Gasteiger partial charge in [-0.1, -0.05) is 6.08 Å². The van der Waals surface area contributed by atoms with Gasteiger partial charge in [0.1, 0.15) is 5.82 Å². The van der Waals surface area contributed by atoms with Crippen LogP contribution in [0.3, 0.4) is 0 Å². The van der Waals surface area contributed by atoms with Gasteiger partial charge in [-0.15, -0.1) is 0 Å². The van der Waals surface area contributed by atoms with Crippen molar-refractivity contribution >= 4 is 6.08 Å². The first kappa shape index (κ1) is 11.4. The molecule has 88 valence electrons. The highest BCUT2D eigenvalue weighted by molar-refractivity contribution is 5.48. The summed E-state index contributed by atoms with van der Waals surface area (Å²) in [4.78, 5) is 4.60. The van der Waals surface area contributed by atoms with Crippen molar-refractivity contribution in [2.45, 2.75) is 39.7 Å². The quantitative estimate of drug-likeness (QED) is 0.828. The van der Waals surface area contributed by atoms with Gasteiger partial charge in [0.05, 0.1) is 11.4 Å². The van der Waals surface area contributed by atoms with Crippen molar-refractivity contribution in [2.24, 2.45) is 0 Å². The Morgan fingerprint density at radius 2 is 2.00 bits per heavy atom. The second kappa shape index (κ2) is 4.83. The summed E-state index contributed by atoms with van der Waals surface area (Å²) in [5.41, 5.74) is 2.43. The second-order valence-electron chi connectivity index (χ2n) is 4.48. The summed E-state index contributed by atoms with van der Waals surface area (Å²) in [6.07, 6.45) is 6.70. The van der Waals surface area contributed by atoms with Gasteiger partial charge in [0.2, 0.25) is 0 Å². The van der Waals surface area contributed by atoms with E-state index in [1.165, 1.54) is 18.5 Å². The number of hydrogen-bond donors (Lipinski definition) is 1. The van der Waals surface area contributed by atoms with E-state index in [1.54, 1.807) is 0 Å². The van der Waals surface area contributed by atoms with E-state index in [4.69, 9.17) is 0 Å². The van der Waals surface area contributed by atoms with Gasteiger partial charge in [-0.25, -0.2) is 4.98 Å². The molecule has 0 spiro atoms. The van der Waals surface area contributed by atoms with Crippen LogP contribution in [0.25, 0.3) is 6.08 Å². The predicted molar refractivity (Wildman–Crippen MR) is 67.5 cm³/mol. The van der Waals surface area contributed by atoms with Crippen LogP contribution in [0, 0.1) is 13.8 Å². The van der Waals surface area contributed by atoms with Crippen molar-refractivity contribution in [3.05, 3.63) is 23.3 Å². The van der Waals surface area contributed by atoms with Crippen LogP contribution >= 0.6 is 0 Å². The lowest BCUT2D eigenvalue weighted by Gasteiger charge is -2.26. The van der Waals surface area contributed by atoms with Crippen LogP contribution in [0.4, 0.5) is 0 Å². The third-order valence-corrected chi connectivity index (χ3v) is 3.31. The fourth-order valence-corrected chi connectivity index (χ4v) is 2.59.